The first-order valence-corrected chi connectivity index (χ1v) is 7.42. The maximum atomic E-state index is 11.6. The lowest BCUT2D eigenvalue weighted by Gasteiger charge is -2.21. The number of nitrogens with one attached hydrogen (secondary N) is 1. The summed E-state index contributed by atoms with van der Waals surface area (Å²) in [7, 11) is 1.63. The van der Waals surface area contributed by atoms with Crippen molar-refractivity contribution in [2.45, 2.75) is 51.7 Å². The van der Waals surface area contributed by atoms with Crippen LogP contribution in [-0.2, 0) is 16.0 Å². The van der Waals surface area contributed by atoms with E-state index in [0.717, 1.165) is 30.4 Å². The molecule has 1 aromatic carbocycles. The van der Waals surface area contributed by atoms with Crippen LogP contribution >= 0.6 is 0 Å². The third-order valence-electron chi connectivity index (χ3n) is 2.98. The van der Waals surface area contributed by atoms with Gasteiger partial charge < -0.3 is 19.6 Å². The van der Waals surface area contributed by atoms with E-state index in [4.69, 9.17) is 9.47 Å². The average molecular weight is 307 g/mol. The fourth-order valence-electron chi connectivity index (χ4n) is 1.99. The Morgan fingerprint density at radius 1 is 1.36 bits per heavy atom. The van der Waals surface area contributed by atoms with Gasteiger partial charge in [0.2, 0.25) is 0 Å². The minimum atomic E-state index is -0.571. The summed E-state index contributed by atoms with van der Waals surface area (Å²) in [6.07, 6.45) is 2.35. The van der Waals surface area contributed by atoms with Crippen LogP contribution in [0.3, 0.4) is 0 Å². The molecule has 5 nitrogen and oxygen atoms in total. The molecule has 0 saturated carbocycles. The molecule has 0 bridgehead atoms. The fraction of sp³-hybridized carbons (Fsp3) is 0.529. The summed E-state index contributed by atoms with van der Waals surface area (Å²) in [5.41, 5.74) is 0.569. The number of carbonyl (C=O) groups is 2. The van der Waals surface area contributed by atoms with Crippen LogP contribution in [0.4, 0.5) is 4.79 Å². The van der Waals surface area contributed by atoms with Gasteiger partial charge in [0, 0.05) is 0 Å². The monoisotopic (exact) mass is 307 g/mol. The quantitative estimate of drug-likeness (QED) is 0.786. The molecule has 0 spiro atoms. The highest BCUT2D eigenvalue weighted by atomic mass is 16.6. The Morgan fingerprint density at radius 3 is 2.68 bits per heavy atom. The van der Waals surface area contributed by atoms with Crippen LogP contribution in [0.2, 0.25) is 0 Å². The van der Waals surface area contributed by atoms with E-state index in [-0.39, 0.29) is 0 Å². The van der Waals surface area contributed by atoms with Gasteiger partial charge in [-0.25, -0.2) is 4.79 Å². The molecule has 0 fully saturated rings. The summed E-state index contributed by atoms with van der Waals surface area (Å²) in [4.78, 5) is 22.7. The van der Waals surface area contributed by atoms with Gasteiger partial charge in [-0.15, -0.1) is 0 Å². The second-order valence-electron chi connectivity index (χ2n) is 6.13. The van der Waals surface area contributed by atoms with E-state index < -0.39 is 17.7 Å². The third kappa shape index (κ3) is 7.11. The summed E-state index contributed by atoms with van der Waals surface area (Å²) in [6, 6.07) is 7.28. The lowest BCUT2D eigenvalue weighted by molar-refractivity contribution is -0.109. The van der Waals surface area contributed by atoms with Crippen molar-refractivity contribution >= 4 is 12.4 Å². The number of hydrogen-bond acceptors (Lipinski definition) is 4. The molecule has 5 heteroatoms. The normalized spacial score (nSPS) is 12.4. The highest BCUT2D eigenvalue weighted by Gasteiger charge is 2.18. The van der Waals surface area contributed by atoms with Crippen LogP contribution in [0.5, 0.6) is 5.75 Å². The molecule has 0 saturated heterocycles. The number of ether oxygens (including phenoxy) is 2. The van der Waals surface area contributed by atoms with E-state index in [2.05, 4.69) is 5.32 Å². The van der Waals surface area contributed by atoms with Crippen molar-refractivity contribution in [3.05, 3.63) is 29.8 Å². The molecular formula is C17H25NO4. The zero-order valence-electron chi connectivity index (χ0n) is 13.7. The number of carbonyl (C=O) groups excluding carboxylic acids is 2. The number of benzene rings is 1. The molecule has 0 aromatic heterocycles. The number of rotatable bonds is 7. The number of amides is 1. The van der Waals surface area contributed by atoms with Crippen molar-refractivity contribution in [3.63, 3.8) is 0 Å². The average Bonchev–Trinajstić information content (AvgIpc) is 2.44. The summed E-state index contributed by atoms with van der Waals surface area (Å²) in [5.74, 6) is 0.816. The molecule has 22 heavy (non-hydrogen) atoms. The van der Waals surface area contributed by atoms with E-state index in [9.17, 15) is 9.59 Å². The number of alkyl carbamates (subject to hydrolysis) is 1. The fourth-order valence-corrected chi connectivity index (χ4v) is 1.99. The summed E-state index contributed by atoms with van der Waals surface area (Å²) < 4.78 is 10.3. The van der Waals surface area contributed by atoms with Gasteiger partial charge in [0.05, 0.1) is 13.2 Å². The van der Waals surface area contributed by atoms with Crippen molar-refractivity contribution in [2.75, 3.05) is 7.11 Å². The maximum Gasteiger partial charge on any atom is 0.408 e. The Morgan fingerprint density at radius 2 is 2.09 bits per heavy atom. The van der Waals surface area contributed by atoms with Gasteiger partial charge in [-0.3, -0.25) is 0 Å². The van der Waals surface area contributed by atoms with Gasteiger partial charge in [-0.1, -0.05) is 12.1 Å². The van der Waals surface area contributed by atoms with E-state index in [1.54, 1.807) is 27.9 Å². The van der Waals surface area contributed by atoms with Gasteiger partial charge in [0.25, 0.3) is 0 Å². The second kappa shape index (κ2) is 8.41. The molecule has 1 atom stereocenters. The van der Waals surface area contributed by atoms with Crippen molar-refractivity contribution < 1.29 is 19.1 Å². The first-order chi connectivity index (χ1) is 10.3. The van der Waals surface area contributed by atoms with E-state index in [0.29, 0.717) is 6.42 Å². The third-order valence-corrected chi connectivity index (χ3v) is 2.98. The topological polar surface area (TPSA) is 64.6 Å². The van der Waals surface area contributed by atoms with Crippen LogP contribution < -0.4 is 10.1 Å². The number of aryl methyl sites for hydroxylation is 1. The Labute approximate surface area is 132 Å². The van der Waals surface area contributed by atoms with E-state index in [1.165, 1.54) is 0 Å². The zero-order chi connectivity index (χ0) is 16.6. The second-order valence-corrected chi connectivity index (χ2v) is 6.13. The van der Waals surface area contributed by atoms with Crippen molar-refractivity contribution in [3.8, 4) is 5.75 Å². The molecule has 1 unspecified atom stereocenters. The van der Waals surface area contributed by atoms with Gasteiger partial charge in [0.15, 0.2) is 0 Å². The molecule has 1 amide bonds. The number of aldehydes is 1. The van der Waals surface area contributed by atoms with E-state index in [1.807, 2.05) is 24.3 Å². The minimum Gasteiger partial charge on any atom is -0.497 e. The molecule has 122 valence electrons. The lowest BCUT2D eigenvalue weighted by Crippen LogP contribution is -2.40. The lowest BCUT2D eigenvalue weighted by atomic mass is 10.1. The summed E-state index contributed by atoms with van der Waals surface area (Å²) in [5, 5.41) is 2.58. The van der Waals surface area contributed by atoms with Crippen molar-refractivity contribution in [1.29, 1.82) is 0 Å². The molecule has 0 heterocycles. The first-order valence-electron chi connectivity index (χ1n) is 7.42. The van der Waals surface area contributed by atoms with Crippen LogP contribution in [0.15, 0.2) is 24.3 Å². The highest BCUT2D eigenvalue weighted by Crippen LogP contribution is 2.15. The Bertz CT molecular complexity index is 494. The first kappa shape index (κ1) is 18.0. The molecule has 0 aliphatic heterocycles. The summed E-state index contributed by atoms with van der Waals surface area (Å²) in [6.45, 7) is 5.35. The van der Waals surface area contributed by atoms with Crippen molar-refractivity contribution in [1.82, 2.24) is 5.32 Å². The van der Waals surface area contributed by atoms with Gasteiger partial charge >= 0.3 is 6.09 Å². The number of hydrogen-bond donors (Lipinski definition) is 1. The van der Waals surface area contributed by atoms with Gasteiger partial charge in [0.1, 0.15) is 17.6 Å². The highest BCUT2D eigenvalue weighted by molar-refractivity contribution is 5.73. The van der Waals surface area contributed by atoms with Crippen molar-refractivity contribution in [2.24, 2.45) is 0 Å². The zero-order valence-corrected chi connectivity index (χ0v) is 13.7. The van der Waals surface area contributed by atoms with Gasteiger partial charge in [-0.2, -0.15) is 0 Å². The van der Waals surface area contributed by atoms with Gasteiger partial charge in [-0.05, 0) is 57.7 Å². The molecule has 1 aromatic rings. The van der Waals surface area contributed by atoms with E-state index >= 15 is 0 Å². The van der Waals surface area contributed by atoms with Crippen LogP contribution in [-0.4, -0.2) is 31.1 Å². The molecule has 0 radical (unpaired) electrons. The van der Waals surface area contributed by atoms with Crippen LogP contribution in [0.1, 0.15) is 39.2 Å². The SMILES string of the molecule is COc1cccc(CCCC(C=O)NC(=O)OC(C)(C)C)c1. The largest absolute Gasteiger partial charge is 0.497 e. The maximum absolute atomic E-state index is 11.6. The molecule has 0 aliphatic rings. The smallest absolute Gasteiger partial charge is 0.408 e. The van der Waals surface area contributed by atoms with Crippen LogP contribution in [0, 0.1) is 0 Å². The molecular weight excluding hydrogens is 282 g/mol. The standard InChI is InChI=1S/C17H25NO4/c1-17(2,3)22-16(20)18-14(12-19)9-5-7-13-8-6-10-15(11-13)21-4/h6,8,10-12,14H,5,7,9H2,1-4H3,(H,18,20). The van der Waals surface area contributed by atoms with Crippen LogP contribution in [0.25, 0.3) is 0 Å². The molecule has 1 rings (SSSR count). The Kier molecular flexibility index (Phi) is 6.89. The Hall–Kier alpha value is -2.04. The number of methoxy groups -OCH3 is 1. The Balaban J connectivity index is 2.40. The summed E-state index contributed by atoms with van der Waals surface area (Å²) >= 11 is 0. The molecule has 0 aliphatic carbocycles. The predicted molar refractivity (Wildman–Crippen MR) is 85.2 cm³/mol. The molecule has 1 N–H and O–H groups in total. The minimum absolute atomic E-state index is 0.527. The predicted octanol–water partition coefficient (Wildman–Crippen LogP) is 3.11.